The number of pyridine rings is 1. The predicted octanol–water partition coefficient (Wildman–Crippen LogP) is 0.862. The van der Waals surface area contributed by atoms with Gasteiger partial charge in [0.2, 0.25) is 0 Å². The van der Waals surface area contributed by atoms with E-state index in [1.165, 1.54) is 6.20 Å². The summed E-state index contributed by atoms with van der Waals surface area (Å²) in [6.07, 6.45) is 4.85. The molecule has 0 spiro atoms. The van der Waals surface area contributed by atoms with Crippen LogP contribution in [0.3, 0.4) is 0 Å². The van der Waals surface area contributed by atoms with Gasteiger partial charge in [0, 0.05) is 25.5 Å². The zero-order chi connectivity index (χ0) is 12.1. The van der Waals surface area contributed by atoms with Crippen molar-refractivity contribution in [1.29, 1.82) is 0 Å². The summed E-state index contributed by atoms with van der Waals surface area (Å²) in [7, 11) is 0. The molecule has 0 unspecified atom stereocenters. The van der Waals surface area contributed by atoms with Crippen LogP contribution in [-0.4, -0.2) is 37.7 Å². The van der Waals surface area contributed by atoms with E-state index >= 15 is 0 Å². The van der Waals surface area contributed by atoms with Gasteiger partial charge in [0.05, 0.1) is 6.20 Å². The molecule has 6 heteroatoms. The molecule has 0 fully saturated rings. The monoisotopic (exact) mass is 231 g/mol. The molecular weight excluding hydrogens is 218 g/mol. The summed E-state index contributed by atoms with van der Waals surface area (Å²) in [6.45, 7) is 3.10. The van der Waals surface area contributed by atoms with Crippen molar-refractivity contribution in [2.24, 2.45) is 0 Å². The van der Waals surface area contributed by atoms with Gasteiger partial charge < -0.3 is 4.90 Å². The first-order valence-electron chi connectivity index (χ1n) is 5.35. The number of carbonyl (C=O) groups is 1. The molecule has 2 heterocycles. The van der Waals surface area contributed by atoms with E-state index in [-0.39, 0.29) is 5.91 Å². The molecule has 2 aromatic rings. The molecule has 0 aromatic carbocycles. The highest BCUT2D eigenvalue weighted by atomic mass is 16.2. The van der Waals surface area contributed by atoms with Crippen LogP contribution in [0.4, 0.5) is 0 Å². The van der Waals surface area contributed by atoms with Crippen LogP contribution in [0.25, 0.3) is 0 Å². The summed E-state index contributed by atoms with van der Waals surface area (Å²) in [6, 6.07) is 3.78. The molecule has 88 valence electrons. The van der Waals surface area contributed by atoms with Gasteiger partial charge >= 0.3 is 0 Å². The fourth-order valence-electron chi connectivity index (χ4n) is 1.50. The second-order valence-electron chi connectivity index (χ2n) is 3.53. The van der Waals surface area contributed by atoms with E-state index < -0.39 is 0 Å². The van der Waals surface area contributed by atoms with Crippen molar-refractivity contribution < 1.29 is 4.79 Å². The molecule has 0 aliphatic carbocycles. The maximum atomic E-state index is 12.0. The molecule has 0 bridgehead atoms. The zero-order valence-corrected chi connectivity index (χ0v) is 9.50. The average molecular weight is 231 g/mol. The molecule has 0 aliphatic heterocycles. The number of amides is 1. The van der Waals surface area contributed by atoms with Gasteiger partial charge in [-0.25, -0.2) is 0 Å². The van der Waals surface area contributed by atoms with E-state index in [0.717, 1.165) is 5.56 Å². The Labute approximate surface area is 98.7 Å². The highest BCUT2D eigenvalue weighted by molar-refractivity contribution is 5.91. The fraction of sp³-hybridized carbons (Fsp3) is 0.273. The summed E-state index contributed by atoms with van der Waals surface area (Å²) in [4.78, 5) is 17.7. The molecule has 1 amide bonds. The molecule has 6 nitrogen and oxygen atoms in total. The van der Waals surface area contributed by atoms with Crippen molar-refractivity contribution in [2.75, 3.05) is 6.54 Å². The Morgan fingerprint density at radius 3 is 2.76 bits per heavy atom. The second kappa shape index (κ2) is 5.20. The highest BCUT2D eigenvalue weighted by Gasteiger charge is 2.16. The SMILES string of the molecule is CCN(Cc1ccncc1)C(=O)c1cn[nH]n1. The summed E-state index contributed by atoms with van der Waals surface area (Å²) in [5.41, 5.74) is 1.37. The number of hydrogen-bond donors (Lipinski definition) is 1. The van der Waals surface area contributed by atoms with Crippen LogP contribution in [0, 0.1) is 0 Å². The first-order chi connectivity index (χ1) is 8.31. The van der Waals surface area contributed by atoms with E-state index in [9.17, 15) is 4.79 Å². The average Bonchev–Trinajstić information content (AvgIpc) is 2.90. The Morgan fingerprint density at radius 2 is 2.18 bits per heavy atom. The largest absolute Gasteiger partial charge is 0.333 e. The van der Waals surface area contributed by atoms with Gasteiger partial charge in [-0.1, -0.05) is 0 Å². The maximum absolute atomic E-state index is 12.0. The van der Waals surface area contributed by atoms with Gasteiger partial charge in [0.25, 0.3) is 5.91 Å². The molecule has 2 aromatic heterocycles. The van der Waals surface area contributed by atoms with E-state index in [0.29, 0.717) is 18.8 Å². The number of H-pyrrole nitrogens is 1. The Morgan fingerprint density at radius 1 is 1.41 bits per heavy atom. The van der Waals surface area contributed by atoms with E-state index in [1.54, 1.807) is 17.3 Å². The molecule has 17 heavy (non-hydrogen) atoms. The minimum Gasteiger partial charge on any atom is -0.333 e. The summed E-state index contributed by atoms with van der Waals surface area (Å²) < 4.78 is 0. The number of nitrogens with zero attached hydrogens (tertiary/aromatic N) is 4. The van der Waals surface area contributed by atoms with Crippen molar-refractivity contribution in [3.05, 3.63) is 42.0 Å². The van der Waals surface area contributed by atoms with Gasteiger partial charge in [-0.15, -0.1) is 0 Å². The third-order valence-electron chi connectivity index (χ3n) is 2.43. The molecular formula is C11H13N5O. The number of nitrogens with one attached hydrogen (secondary N) is 1. The summed E-state index contributed by atoms with van der Waals surface area (Å²) >= 11 is 0. The number of rotatable bonds is 4. The van der Waals surface area contributed by atoms with Crippen LogP contribution >= 0.6 is 0 Å². The molecule has 0 aliphatic rings. The Hall–Kier alpha value is -2.24. The molecule has 1 N–H and O–H groups in total. The van der Waals surface area contributed by atoms with Crippen molar-refractivity contribution >= 4 is 5.91 Å². The van der Waals surface area contributed by atoms with Crippen molar-refractivity contribution in [1.82, 2.24) is 25.3 Å². The number of aromatic nitrogens is 4. The van der Waals surface area contributed by atoms with Gasteiger partial charge in [0.15, 0.2) is 5.69 Å². The third-order valence-corrected chi connectivity index (χ3v) is 2.43. The van der Waals surface area contributed by atoms with E-state index in [2.05, 4.69) is 20.4 Å². The lowest BCUT2D eigenvalue weighted by atomic mass is 10.2. The van der Waals surface area contributed by atoms with E-state index in [1.807, 2.05) is 19.1 Å². The quantitative estimate of drug-likeness (QED) is 0.846. The minimum atomic E-state index is -0.127. The van der Waals surface area contributed by atoms with Crippen molar-refractivity contribution in [3.8, 4) is 0 Å². The van der Waals surface area contributed by atoms with Crippen molar-refractivity contribution in [3.63, 3.8) is 0 Å². The minimum absolute atomic E-state index is 0.127. The van der Waals surface area contributed by atoms with Gasteiger partial charge in [-0.05, 0) is 24.6 Å². The second-order valence-corrected chi connectivity index (χ2v) is 3.53. The fourth-order valence-corrected chi connectivity index (χ4v) is 1.50. The lowest BCUT2D eigenvalue weighted by Gasteiger charge is -2.19. The Bertz CT molecular complexity index is 468. The van der Waals surface area contributed by atoms with Gasteiger partial charge in [0.1, 0.15) is 0 Å². The molecule has 0 saturated carbocycles. The topological polar surface area (TPSA) is 74.8 Å². The number of carbonyl (C=O) groups excluding carboxylic acids is 1. The third kappa shape index (κ3) is 2.66. The smallest absolute Gasteiger partial charge is 0.276 e. The predicted molar refractivity (Wildman–Crippen MR) is 61.0 cm³/mol. The highest BCUT2D eigenvalue weighted by Crippen LogP contribution is 2.06. The van der Waals surface area contributed by atoms with Crippen LogP contribution in [0.15, 0.2) is 30.7 Å². The summed E-state index contributed by atoms with van der Waals surface area (Å²) in [5, 5.41) is 9.86. The normalized spacial score (nSPS) is 10.2. The van der Waals surface area contributed by atoms with Crippen LogP contribution in [-0.2, 0) is 6.54 Å². The lowest BCUT2D eigenvalue weighted by Crippen LogP contribution is -2.30. The number of aromatic amines is 1. The van der Waals surface area contributed by atoms with Crippen LogP contribution in [0.1, 0.15) is 23.0 Å². The molecule has 0 radical (unpaired) electrons. The Balaban J connectivity index is 2.10. The number of hydrogen-bond acceptors (Lipinski definition) is 4. The van der Waals surface area contributed by atoms with Gasteiger partial charge in [-0.2, -0.15) is 15.4 Å². The van der Waals surface area contributed by atoms with E-state index in [4.69, 9.17) is 0 Å². The first-order valence-corrected chi connectivity index (χ1v) is 5.35. The van der Waals surface area contributed by atoms with Crippen molar-refractivity contribution in [2.45, 2.75) is 13.5 Å². The first kappa shape index (κ1) is 11.3. The summed E-state index contributed by atoms with van der Waals surface area (Å²) in [5.74, 6) is -0.127. The van der Waals surface area contributed by atoms with Gasteiger partial charge in [-0.3, -0.25) is 9.78 Å². The van der Waals surface area contributed by atoms with Crippen LogP contribution < -0.4 is 0 Å². The zero-order valence-electron chi connectivity index (χ0n) is 9.50. The maximum Gasteiger partial charge on any atom is 0.276 e. The Kier molecular flexibility index (Phi) is 3.44. The molecule has 0 atom stereocenters. The lowest BCUT2D eigenvalue weighted by molar-refractivity contribution is 0.0746. The standard InChI is InChI=1S/C11H13N5O/c1-2-16(8-9-3-5-12-6-4-9)11(17)10-7-13-15-14-10/h3-7H,2,8H2,1H3,(H,13,14,15). The molecule has 2 rings (SSSR count). The van der Waals surface area contributed by atoms with Crippen LogP contribution in [0.5, 0.6) is 0 Å². The van der Waals surface area contributed by atoms with Crippen LogP contribution in [0.2, 0.25) is 0 Å². The molecule has 0 saturated heterocycles.